The van der Waals surface area contributed by atoms with Gasteiger partial charge in [-0.2, -0.15) is 0 Å². The van der Waals surface area contributed by atoms with Crippen LogP contribution in [0.15, 0.2) is 30.3 Å². The number of carbonyl (C=O) groups excluding carboxylic acids is 3. The fourth-order valence-electron chi connectivity index (χ4n) is 4.66. The van der Waals surface area contributed by atoms with Crippen LogP contribution in [-0.4, -0.2) is 60.3 Å². The van der Waals surface area contributed by atoms with Crippen LogP contribution in [0, 0.1) is 5.92 Å². The summed E-state index contributed by atoms with van der Waals surface area (Å²) in [7, 11) is 0. The number of amides is 1. The van der Waals surface area contributed by atoms with E-state index in [0.717, 1.165) is 25.7 Å². The van der Waals surface area contributed by atoms with E-state index in [9.17, 15) is 14.4 Å². The van der Waals surface area contributed by atoms with Crippen LogP contribution in [-0.2, 0) is 23.8 Å². The molecule has 0 aromatic heterocycles. The van der Waals surface area contributed by atoms with E-state index < -0.39 is 29.6 Å². The molecule has 0 bridgehead atoms. The van der Waals surface area contributed by atoms with Gasteiger partial charge >= 0.3 is 12.1 Å². The van der Waals surface area contributed by atoms with Gasteiger partial charge in [-0.25, -0.2) is 4.79 Å². The fourth-order valence-corrected chi connectivity index (χ4v) is 4.66. The van der Waals surface area contributed by atoms with Crippen molar-refractivity contribution in [2.75, 3.05) is 19.8 Å². The second kappa shape index (κ2) is 11.1. The SMILES string of the molecule is CCOC(=O)C1CCN(C(=O)OC(C)(C)C)C(CO[C@H]2CC[C@@H](c3ccccc3)CC2)C1=O. The van der Waals surface area contributed by atoms with Crippen LogP contribution in [0.1, 0.15) is 71.3 Å². The van der Waals surface area contributed by atoms with Crippen LogP contribution in [0.3, 0.4) is 0 Å². The molecule has 0 spiro atoms. The summed E-state index contributed by atoms with van der Waals surface area (Å²) in [6.07, 6.45) is 3.54. The molecule has 0 radical (unpaired) electrons. The number of hydrogen-bond acceptors (Lipinski definition) is 6. The van der Waals surface area contributed by atoms with Crippen molar-refractivity contribution in [1.29, 1.82) is 0 Å². The molecular weight excluding hydrogens is 422 g/mol. The molecule has 1 aliphatic carbocycles. The maximum Gasteiger partial charge on any atom is 0.410 e. The highest BCUT2D eigenvalue weighted by atomic mass is 16.6. The summed E-state index contributed by atoms with van der Waals surface area (Å²) >= 11 is 0. The molecule has 1 aromatic rings. The number of esters is 1. The molecule has 0 N–H and O–H groups in total. The summed E-state index contributed by atoms with van der Waals surface area (Å²) in [4.78, 5) is 39.7. The highest BCUT2D eigenvalue weighted by Crippen LogP contribution is 2.34. The zero-order valence-corrected chi connectivity index (χ0v) is 20.2. The minimum Gasteiger partial charge on any atom is -0.465 e. The molecular formula is C26H37NO6. The van der Waals surface area contributed by atoms with E-state index in [2.05, 4.69) is 24.3 Å². The molecule has 1 amide bonds. The predicted molar refractivity (Wildman–Crippen MR) is 124 cm³/mol. The number of benzene rings is 1. The largest absolute Gasteiger partial charge is 0.465 e. The van der Waals surface area contributed by atoms with E-state index in [0.29, 0.717) is 5.92 Å². The number of hydrogen-bond donors (Lipinski definition) is 0. The van der Waals surface area contributed by atoms with Crippen LogP contribution >= 0.6 is 0 Å². The third-order valence-corrected chi connectivity index (χ3v) is 6.34. The van der Waals surface area contributed by atoms with E-state index >= 15 is 0 Å². The van der Waals surface area contributed by atoms with Crippen molar-refractivity contribution in [3.8, 4) is 0 Å². The first-order valence-corrected chi connectivity index (χ1v) is 12.1. The molecule has 7 heteroatoms. The second-order valence-electron chi connectivity index (χ2n) is 9.90. The van der Waals surface area contributed by atoms with Gasteiger partial charge in [0.15, 0.2) is 5.78 Å². The Hall–Kier alpha value is -2.41. The summed E-state index contributed by atoms with van der Waals surface area (Å²) in [6, 6.07) is 9.64. The normalized spacial score (nSPS) is 26.1. The number of rotatable bonds is 6. The van der Waals surface area contributed by atoms with E-state index in [1.807, 2.05) is 6.07 Å². The molecule has 33 heavy (non-hydrogen) atoms. The van der Waals surface area contributed by atoms with Gasteiger partial charge in [0.1, 0.15) is 17.6 Å². The average Bonchev–Trinajstić information content (AvgIpc) is 2.78. The predicted octanol–water partition coefficient (Wildman–Crippen LogP) is 4.49. The Morgan fingerprint density at radius 2 is 1.70 bits per heavy atom. The van der Waals surface area contributed by atoms with Crippen LogP contribution in [0.5, 0.6) is 0 Å². The lowest BCUT2D eigenvalue weighted by molar-refractivity contribution is -0.157. The monoisotopic (exact) mass is 459 g/mol. The second-order valence-corrected chi connectivity index (χ2v) is 9.90. The van der Waals surface area contributed by atoms with Crippen molar-refractivity contribution in [2.24, 2.45) is 5.92 Å². The maximum atomic E-state index is 13.2. The van der Waals surface area contributed by atoms with E-state index in [4.69, 9.17) is 14.2 Å². The van der Waals surface area contributed by atoms with E-state index in [1.54, 1.807) is 27.7 Å². The molecule has 1 aliphatic heterocycles. The third kappa shape index (κ3) is 6.79. The molecule has 1 heterocycles. The Labute approximate surface area is 196 Å². The summed E-state index contributed by atoms with van der Waals surface area (Å²) < 4.78 is 16.8. The van der Waals surface area contributed by atoms with Gasteiger partial charge in [-0.1, -0.05) is 30.3 Å². The van der Waals surface area contributed by atoms with Crippen molar-refractivity contribution in [3.05, 3.63) is 35.9 Å². The first-order valence-electron chi connectivity index (χ1n) is 12.1. The Morgan fingerprint density at radius 1 is 1.03 bits per heavy atom. The molecule has 1 saturated carbocycles. The fraction of sp³-hybridized carbons (Fsp3) is 0.654. The molecule has 7 nitrogen and oxygen atoms in total. The van der Waals surface area contributed by atoms with Gasteiger partial charge in [-0.15, -0.1) is 0 Å². The van der Waals surface area contributed by atoms with Crippen molar-refractivity contribution in [2.45, 2.75) is 83.5 Å². The summed E-state index contributed by atoms with van der Waals surface area (Å²) in [6.45, 7) is 7.60. The Balaban J connectivity index is 1.63. The number of ether oxygens (including phenoxy) is 3. The number of Topliss-reactive ketones (excluding diaryl/α,β-unsaturated/α-hetero) is 1. The van der Waals surface area contributed by atoms with E-state index in [-0.39, 0.29) is 38.1 Å². The quantitative estimate of drug-likeness (QED) is 0.461. The highest BCUT2D eigenvalue weighted by Gasteiger charge is 2.44. The van der Waals surface area contributed by atoms with Gasteiger partial charge in [-0.05, 0) is 71.3 Å². The summed E-state index contributed by atoms with van der Waals surface area (Å²) in [5.41, 5.74) is 0.672. The van der Waals surface area contributed by atoms with Gasteiger partial charge in [0, 0.05) is 6.54 Å². The van der Waals surface area contributed by atoms with Gasteiger partial charge in [0.2, 0.25) is 0 Å². The van der Waals surface area contributed by atoms with Crippen molar-refractivity contribution in [1.82, 2.24) is 4.90 Å². The van der Waals surface area contributed by atoms with Crippen molar-refractivity contribution in [3.63, 3.8) is 0 Å². The molecule has 2 atom stereocenters. The van der Waals surface area contributed by atoms with Crippen LogP contribution < -0.4 is 0 Å². The summed E-state index contributed by atoms with van der Waals surface area (Å²) in [5, 5.41) is 0. The Bertz CT molecular complexity index is 810. The van der Waals surface area contributed by atoms with Crippen LogP contribution in [0.4, 0.5) is 4.79 Å². The maximum absolute atomic E-state index is 13.2. The van der Waals surface area contributed by atoms with Crippen LogP contribution in [0.2, 0.25) is 0 Å². The van der Waals surface area contributed by atoms with Gasteiger partial charge in [-0.3, -0.25) is 14.5 Å². The lowest BCUT2D eigenvalue weighted by Gasteiger charge is -2.39. The lowest BCUT2D eigenvalue weighted by Crippen LogP contribution is -2.57. The molecule has 2 fully saturated rings. The molecule has 1 saturated heterocycles. The smallest absolute Gasteiger partial charge is 0.410 e. The van der Waals surface area contributed by atoms with Gasteiger partial charge < -0.3 is 14.2 Å². The first kappa shape index (κ1) is 25.2. The highest BCUT2D eigenvalue weighted by molar-refractivity contribution is 6.03. The summed E-state index contributed by atoms with van der Waals surface area (Å²) in [5.74, 6) is -1.21. The molecule has 1 aromatic carbocycles. The van der Waals surface area contributed by atoms with Gasteiger partial charge in [0.05, 0.1) is 19.3 Å². The minimum absolute atomic E-state index is 0.0289. The van der Waals surface area contributed by atoms with Crippen molar-refractivity contribution < 1.29 is 28.6 Å². The zero-order chi connectivity index (χ0) is 24.0. The molecule has 2 aliphatic rings. The first-order chi connectivity index (χ1) is 15.7. The van der Waals surface area contributed by atoms with Crippen molar-refractivity contribution >= 4 is 17.8 Å². The number of nitrogens with zero attached hydrogens (tertiary/aromatic N) is 1. The molecule has 182 valence electrons. The third-order valence-electron chi connectivity index (χ3n) is 6.34. The number of likely N-dealkylation sites (tertiary alicyclic amines) is 1. The Kier molecular flexibility index (Phi) is 8.51. The number of ketones is 1. The number of carbonyl (C=O) groups is 3. The standard InChI is InChI=1S/C26H37NO6/c1-5-31-24(29)21-15-16-27(25(30)33-26(2,3)4)22(23(21)28)17-32-20-13-11-19(12-14-20)18-9-7-6-8-10-18/h6-10,19-22H,5,11-17H2,1-4H3/t19-,20+,21?,22?. The average molecular weight is 460 g/mol. The van der Waals surface area contributed by atoms with E-state index in [1.165, 1.54) is 10.5 Å². The topological polar surface area (TPSA) is 82.1 Å². The minimum atomic E-state index is -0.869. The molecule has 3 rings (SSSR count). The zero-order valence-electron chi connectivity index (χ0n) is 20.2. The van der Waals surface area contributed by atoms with Gasteiger partial charge in [0.25, 0.3) is 0 Å². The van der Waals surface area contributed by atoms with Crippen LogP contribution in [0.25, 0.3) is 0 Å². The lowest BCUT2D eigenvalue weighted by atomic mass is 9.82. The number of piperidine rings is 1. The molecule has 2 unspecified atom stereocenters. The Morgan fingerprint density at radius 3 is 2.30 bits per heavy atom.